The normalized spacial score (nSPS) is 22.7. The fourth-order valence-electron chi connectivity index (χ4n) is 2.97. The SMILES string of the molecule is Cc1nn(C)c(CN2CCCCC2CC(C)O)c1Cl. The minimum atomic E-state index is -0.241. The second-order valence-corrected chi connectivity index (χ2v) is 6.05. The van der Waals surface area contributed by atoms with Crippen molar-refractivity contribution in [3.8, 4) is 0 Å². The summed E-state index contributed by atoms with van der Waals surface area (Å²) in [6.45, 7) is 5.72. The van der Waals surface area contributed by atoms with Gasteiger partial charge in [0.15, 0.2) is 0 Å². The minimum Gasteiger partial charge on any atom is -0.393 e. The first-order chi connectivity index (χ1) is 8.99. The van der Waals surface area contributed by atoms with Gasteiger partial charge in [0, 0.05) is 19.6 Å². The summed E-state index contributed by atoms with van der Waals surface area (Å²) in [6, 6.07) is 0.458. The first kappa shape index (κ1) is 14.8. The maximum Gasteiger partial charge on any atom is 0.0860 e. The fourth-order valence-corrected chi connectivity index (χ4v) is 3.19. The lowest BCUT2D eigenvalue weighted by Gasteiger charge is -2.36. The summed E-state index contributed by atoms with van der Waals surface area (Å²) in [6.07, 6.45) is 4.25. The van der Waals surface area contributed by atoms with Gasteiger partial charge in [-0.25, -0.2) is 0 Å². The number of aryl methyl sites for hydroxylation is 2. The maximum atomic E-state index is 9.63. The van der Waals surface area contributed by atoms with E-state index in [0.29, 0.717) is 6.04 Å². The van der Waals surface area contributed by atoms with Crippen molar-refractivity contribution in [1.82, 2.24) is 14.7 Å². The molecule has 2 atom stereocenters. The maximum absolute atomic E-state index is 9.63. The predicted molar refractivity (Wildman–Crippen MR) is 77.3 cm³/mol. The highest BCUT2D eigenvalue weighted by molar-refractivity contribution is 6.31. The molecule has 19 heavy (non-hydrogen) atoms. The number of nitrogens with zero attached hydrogens (tertiary/aromatic N) is 3. The van der Waals surface area contributed by atoms with Crippen LogP contribution < -0.4 is 0 Å². The van der Waals surface area contributed by atoms with Crippen molar-refractivity contribution in [1.29, 1.82) is 0 Å². The number of aliphatic hydroxyl groups excluding tert-OH is 1. The fraction of sp³-hybridized carbons (Fsp3) is 0.786. The molecule has 1 aliphatic heterocycles. The molecular weight excluding hydrogens is 262 g/mol. The van der Waals surface area contributed by atoms with E-state index in [2.05, 4.69) is 10.00 Å². The zero-order valence-electron chi connectivity index (χ0n) is 12.1. The Kier molecular flexibility index (Phi) is 4.87. The van der Waals surface area contributed by atoms with Crippen LogP contribution in [0, 0.1) is 6.92 Å². The van der Waals surface area contributed by atoms with Crippen LogP contribution in [-0.2, 0) is 13.6 Å². The molecule has 0 bridgehead atoms. The molecule has 1 aliphatic rings. The van der Waals surface area contributed by atoms with Crippen LogP contribution in [0.5, 0.6) is 0 Å². The lowest BCUT2D eigenvalue weighted by Crippen LogP contribution is -2.41. The van der Waals surface area contributed by atoms with E-state index >= 15 is 0 Å². The van der Waals surface area contributed by atoms with E-state index in [1.54, 1.807) is 0 Å². The molecule has 1 aromatic rings. The highest BCUT2D eigenvalue weighted by Crippen LogP contribution is 2.26. The van der Waals surface area contributed by atoms with E-state index in [1.165, 1.54) is 19.3 Å². The highest BCUT2D eigenvalue weighted by atomic mass is 35.5. The van der Waals surface area contributed by atoms with Crippen LogP contribution in [0.2, 0.25) is 5.02 Å². The number of hydrogen-bond acceptors (Lipinski definition) is 3. The third kappa shape index (κ3) is 3.50. The van der Waals surface area contributed by atoms with E-state index in [1.807, 2.05) is 25.6 Å². The summed E-state index contributed by atoms with van der Waals surface area (Å²) in [5.74, 6) is 0. The summed E-state index contributed by atoms with van der Waals surface area (Å²) in [5, 5.41) is 14.8. The number of rotatable bonds is 4. The molecule has 1 N–H and O–H groups in total. The molecule has 4 nitrogen and oxygen atoms in total. The largest absolute Gasteiger partial charge is 0.393 e. The second kappa shape index (κ2) is 6.25. The lowest BCUT2D eigenvalue weighted by molar-refractivity contribution is 0.0801. The van der Waals surface area contributed by atoms with Crippen molar-refractivity contribution < 1.29 is 5.11 Å². The highest BCUT2D eigenvalue weighted by Gasteiger charge is 2.25. The van der Waals surface area contributed by atoms with E-state index in [0.717, 1.165) is 35.9 Å². The monoisotopic (exact) mass is 285 g/mol. The van der Waals surface area contributed by atoms with Crippen LogP contribution in [-0.4, -0.2) is 38.5 Å². The van der Waals surface area contributed by atoms with Gasteiger partial charge in [0.2, 0.25) is 0 Å². The molecule has 1 fully saturated rings. The number of aliphatic hydroxyl groups is 1. The molecule has 2 heterocycles. The smallest absolute Gasteiger partial charge is 0.0860 e. The van der Waals surface area contributed by atoms with Crippen molar-refractivity contribution in [3.63, 3.8) is 0 Å². The molecule has 1 saturated heterocycles. The molecule has 0 spiro atoms. The Balaban J connectivity index is 2.10. The van der Waals surface area contributed by atoms with Crippen molar-refractivity contribution in [2.75, 3.05) is 6.54 Å². The molecule has 0 aromatic carbocycles. The van der Waals surface area contributed by atoms with Crippen molar-refractivity contribution >= 4 is 11.6 Å². The predicted octanol–water partition coefficient (Wildman–Crippen LogP) is 2.51. The van der Waals surface area contributed by atoms with E-state index < -0.39 is 0 Å². The van der Waals surface area contributed by atoms with Gasteiger partial charge in [-0.15, -0.1) is 0 Å². The lowest BCUT2D eigenvalue weighted by atomic mass is 9.97. The topological polar surface area (TPSA) is 41.3 Å². The van der Waals surface area contributed by atoms with Crippen molar-refractivity contribution in [3.05, 3.63) is 16.4 Å². The zero-order chi connectivity index (χ0) is 14.0. The van der Waals surface area contributed by atoms with E-state index in [4.69, 9.17) is 11.6 Å². The van der Waals surface area contributed by atoms with Crippen LogP contribution in [0.1, 0.15) is 44.0 Å². The Labute approximate surface area is 120 Å². The molecule has 1 aromatic heterocycles. The Bertz CT molecular complexity index is 431. The molecule has 0 radical (unpaired) electrons. The summed E-state index contributed by atoms with van der Waals surface area (Å²) in [5.41, 5.74) is 1.97. The van der Waals surface area contributed by atoms with Gasteiger partial charge < -0.3 is 5.11 Å². The van der Waals surface area contributed by atoms with Crippen LogP contribution >= 0.6 is 11.6 Å². The summed E-state index contributed by atoms with van der Waals surface area (Å²) in [7, 11) is 1.95. The quantitative estimate of drug-likeness (QED) is 0.924. The van der Waals surface area contributed by atoms with Gasteiger partial charge in [0.25, 0.3) is 0 Å². The summed E-state index contributed by atoms with van der Waals surface area (Å²) in [4.78, 5) is 2.44. The van der Waals surface area contributed by atoms with E-state index in [9.17, 15) is 5.11 Å². The Hall–Kier alpha value is -0.580. The Morgan fingerprint density at radius 2 is 2.21 bits per heavy atom. The number of hydrogen-bond donors (Lipinski definition) is 1. The number of likely N-dealkylation sites (tertiary alicyclic amines) is 1. The van der Waals surface area contributed by atoms with Crippen molar-refractivity contribution in [2.24, 2.45) is 7.05 Å². The molecule has 0 amide bonds. The third-order valence-corrected chi connectivity index (χ3v) is 4.47. The number of aromatic nitrogens is 2. The van der Waals surface area contributed by atoms with Crippen LogP contribution in [0.3, 0.4) is 0 Å². The van der Waals surface area contributed by atoms with Gasteiger partial charge in [0.05, 0.1) is 22.5 Å². The zero-order valence-corrected chi connectivity index (χ0v) is 12.8. The molecule has 2 rings (SSSR count). The molecular formula is C14H24ClN3O. The second-order valence-electron chi connectivity index (χ2n) is 5.67. The third-order valence-electron chi connectivity index (χ3n) is 3.98. The Morgan fingerprint density at radius 1 is 1.47 bits per heavy atom. The van der Waals surface area contributed by atoms with Crippen molar-refractivity contribution in [2.45, 2.75) is 58.2 Å². The standard InChI is InChI=1S/C14H24ClN3O/c1-10(19)8-12-6-4-5-7-18(12)9-13-14(15)11(2)16-17(13)3/h10,12,19H,4-9H2,1-3H3. The molecule has 108 valence electrons. The summed E-state index contributed by atoms with van der Waals surface area (Å²) < 4.78 is 1.88. The average Bonchev–Trinajstić information content (AvgIpc) is 2.57. The molecule has 0 saturated carbocycles. The van der Waals surface area contributed by atoms with Gasteiger partial charge in [-0.1, -0.05) is 18.0 Å². The van der Waals surface area contributed by atoms with E-state index in [-0.39, 0.29) is 6.10 Å². The van der Waals surface area contributed by atoms with Gasteiger partial charge in [-0.3, -0.25) is 9.58 Å². The van der Waals surface area contributed by atoms with Gasteiger partial charge in [-0.2, -0.15) is 5.10 Å². The first-order valence-electron chi connectivity index (χ1n) is 7.09. The van der Waals surface area contributed by atoms with Gasteiger partial charge >= 0.3 is 0 Å². The van der Waals surface area contributed by atoms with Crippen LogP contribution in [0.15, 0.2) is 0 Å². The van der Waals surface area contributed by atoms with Gasteiger partial charge in [0.1, 0.15) is 0 Å². The summed E-state index contributed by atoms with van der Waals surface area (Å²) >= 11 is 6.33. The average molecular weight is 286 g/mol. The minimum absolute atomic E-state index is 0.241. The molecule has 0 aliphatic carbocycles. The van der Waals surface area contributed by atoms with Gasteiger partial charge in [-0.05, 0) is 39.7 Å². The van der Waals surface area contributed by atoms with Crippen LogP contribution in [0.25, 0.3) is 0 Å². The Morgan fingerprint density at radius 3 is 2.79 bits per heavy atom. The van der Waals surface area contributed by atoms with Crippen LogP contribution in [0.4, 0.5) is 0 Å². The molecule has 2 unspecified atom stereocenters. The molecule has 5 heteroatoms. The first-order valence-corrected chi connectivity index (χ1v) is 7.47. The number of halogens is 1. The number of piperidine rings is 1.